The highest BCUT2D eigenvalue weighted by atomic mass is 32.2. The summed E-state index contributed by atoms with van der Waals surface area (Å²) < 4.78 is 28.2. The average molecular weight is 507 g/mol. The molecule has 0 aliphatic carbocycles. The van der Waals surface area contributed by atoms with E-state index in [-0.39, 0.29) is 5.75 Å². The molecule has 188 valence electrons. The Hall–Kier alpha value is -3.76. The van der Waals surface area contributed by atoms with Crippen molar-refractivity contribution in [1.82, 2.24) is 20.3 Å². The highest BCUT2D eigenvalue weighted by Gasteiger charge is 2.07. The van der Waals surface area contributed by atoms with Crippen molar-refractivity contribution in [3.8, 4) is 5.75 Å². The highest BCUT2D eigenvalue weighted by Crippen LogP contribution is 2.25. The highest BCUT2D eigenvalue weighted by molar-refractivity contribution is 7.90. The lowest BCUT2D eigenvalue weighted by atomic mass is 10.2. The molecule has 0 bridgehead atoms. The number of pyridine rings is 1. The van der Waals surface area contributed by atoms with E-state index in [9.17, 15) is 8.42 Å². The molecule has 4 aromatic rings. The van der Waals surface area contributed by atoms with Crippen molar-refractivity contribution in [2.75, 3.05) is 42.3 Å². The minimum absolute atomic E-state index is 0.145. The van der Waals surface area contributed by atoms with Crippen LogP contribution in [0, 0.1) is 0 Å². The van der Waals surface area contributed by atoms with Gasteiger partial charge in [0, 0.05) is 30.4 Å². The summed E-state index contributed by atoms with van der Waals surface area (Å²) in [6.45, 7) is 2.39. The quantitative estimate of drug-likeness (QED) is 0.233. The molecule has 36 heavy (non-hydrogen) atoms. The first-order valence-corrected chi connectivity index (χ1v) is 13.8. The summed E-state index contributed by atoms with van der Waals surface area (Å²) in [7, 11) is -2.94. The van der Waals surface area contributed by atoms with Crippen LogP contribution in [0.15, 0.2) is 73.2 Å². The average Bonchev–Trinajstić information content (AvgIpc) is 2.88. The van der Waals surface area contributed by atoms with Gasteiger partial charge in [0.2, 0.25) is 0 Å². The summed E-state index contributed by atoms with van der Waals surface area (Å²) in [6.07, 6.45) is 5.30. The minimum atomic E-state index is -2.94. The minimum Gasteiger partial charge on any atom is -0.489 e. The van der Waals surface area contributed by atoms with E-state index in [0.717, 1.165) is 46.7 Å². The summed E-state index contributed by atoms with van der Waals surface area (Å²) in [5.74, 6) is 2.34. The van der Waals surface area contributed by atoms with Crippen molar-refractivity contribution in [3.05, 3.63) is 78.8 Å². The lowest BCUT2D eigenvalue weighted by molar-refractivity contribution is 0.306. The van der Waals surface area contributed by atoms with Crippen molar-refractivity contribution >= 4 is 38.1 Å². The van der Waals surface area contributed by atoms with Crippen LogP contribution in [0.3, 0.4) is 0 Å². The molecule has 0 aliphatic heterocycles. The number of nitrogens with zero attached hydrogens (tertiary/aromatic N) is 3. The molecule has 10 heteroatoms. The van der Waals surface area contributed by atoms with Crippen LogP contribution in [0.5, 0.6) is 5.75 Å². The van der Waals surface area contributed by atoms with E-state index >= 15 is 0 Å². The molecular weight excluding hydrogens is 476 g/mol. The predicted molar refractivity (Wildman–Crippen MR) is 144 cm³/mol. The van der Waals surface area contributed by atoms with Crippen LogP contribution in [0.4, 0.5) is 17.3 Å². The molecule has 0 atom stereocenters. The van der Waals surface area contributed by atoms with Gasteiger partial charge in [-0.3, -0.25) is 0 Å². The van der Waals surface area contributed by atoms with E-state index in [2.05, 4.69) is 30.9 Å². The number of anilines is 3. The van der Waals surface area contributed by atoms with Crippen molar-refractivity contribution in [3.63, 3.8) is 0 Å². The molecule has 0 aliphatic rings. The van der Waals surface area contributed by atoms with Gasteiger partial charge in [0.1, 0.15) is 40.2 Å². The van der Waals surface area contributed by atoms with Gasteiger partial charge in [0.25, 0.3) is 0 Å². The fourth-order valence-corrected chi connectivity index (χ4v) is 3.99. The Morgan fingerprint density at radius 2 is 1.72 bits per heavy atom. The van der Waals surface area contributed by atoms with Gasteiger partial charge in [0.05, 0.1) is 17.5 Å². The van der Waals surface area contributed by atoms with Crippen LogP contribution >= 0.6 is 0 Å². The molecule has 9 nitrogen and oxygen atoms in total. The Balaban J connectivity index is 1.32. The number of sulfone groups is 1. The molecule has 0 unspecified atom stereocenters. The number of nitrogens with one attached hydrogen (secondary N) is 3. The van der Waals surface area contributed by atoms with Crippen LogP contribution < -0.4 is 20.7 Å². The number of hydrogen-bond acceptors (Lipinski definition) is 9. The first kappa shape index (κ1) is 25.3. The van der Waals surface area contributed by atoms with Gasteiger partial charge in [-0.1, -0.05) is 30.3 Å². The SMILES string of the molecule is CS(=O)(=O)CCNCCCNc1cc2c(Nc3ccc(OCc4ccccc4)cc3)ncnc2cn1. The molecule has 0 saturated heterocycles. The van der Waals surface area contributed by atoms with Gasteiger partial charge in [-0.25, -0.2) is 23.4 Å². The third-order valence-electron chi connectivity index (χ3n) is 5.37. The van der Waals surface area contributed by atoms with E-state index in [1.54, 1.807) is 6.20 Å². The Bertz CT molecular complexity index is 1370. The number of rotatable bonds is 13. The molecule has 3 N–H and O–H groups in total. The molecule has 4 rings (SSSR count). The molecule has 0 radical (unpaired) electrons. The predicted octanol–water partition coefficient (Wildman–Crippen LogP) is 3.78. The second kappa shape index (κ2) is 12.3. The second-order valence-electron chi connectivity index (χ2n) is 8.39. The first-order valence-electron chi connectivity index (χ1n) is 11.7. The largest absolute Gasteiger partial charge is 0.489 e. The Morgan fingerprint density at radius 3 is 2.50 bits per heavy atom. The fourth-order valence-electron chi connectivity index (χ4n) is 3.48. The van der Waals surface area contributed by atoms with Crippen molar-refractivity contribution < 1.29 is 13.2 Å². The number of aromatic nitrogens is 3. The van der Waals surface area contributed by atoms with Gasteiger partial charge >= 0.3 is 0 Å². The summed E-state index contributed by atoms with van der Waals surface area (Å²) >= 11 is 0. The van der Waals surface area contributed by atoms with E-state index in [1.165, 1.54) is 12.6 Å². The Kier molecular flexibility index (Phi) is 8.64. The smallest absolute Gasteiger partial charge is 0.148 e. The lowest BCUT2D eigenvalue weighted by Crippen LogP contribution is -2.24. The van der Waals surface area contributed by atoms with Gasteiger partial charge in [-0.2, -0.15) is 0 Å². The van der Waals surface area contributed by atoms with Crippen molar-refractivity contribution in [2.24, 2.45) is 0 Å². The normalized spacial score (nSPS) is 11.4. The molecular formula is C26H30N6O3S. The maximum Gasteiger partial charge on any atom is 0.148 e. The fraction of sp³-hybridized carbons (Fsp3) is 0.269. The topological polar surface area (TPSA) is 118 Å². The monoisotopic (exact) mass is 506 g/mol. The van der Waals surface area contributed by atoms with Crippen LogP contribution in [0.25, 0.3) is 10.9 Å². The lowest BCUT2D eigenvalue weighted by Gasteiger charge is -2.11. The molecule has 2 heterocycles. The van der Waals surface area contributed by atoms with Crippen molar-refractivity contribution in [2.45, 2.75) is 13.0 Å². The van der Waals surface area contributed by atoms with Gasteiger partial charge in [-0.05, 0) is 48.9 Å². The summed E-state index contributed by atoms with van der Waals surface area (Å²) in [4.78, 5) is 13.2. The van der Waals surface area contributed by atoms with Crippen LogP contribution in [-0.2, 0) is 16.4 Å². The number of hydrogen-bond donors (Lipinski definition) is 3. The second-order valence-corrected chi connectivity index (χ2v) is 10.7. The first-order chi connectivity index (χ1) is 17.5. The third-order valence-corrected chi connectivity index (χ3v) is 6.32. The molecule has 2 aromatic carbocycles. The van der Waals surface area contributed by atoms with Crippen LogP contribution in [0.2, 0.25) is 0 Å². The number of benzene rings is 2. The maximum absolute atomic E-state index is 11.2. The third kappa shape index (κ3) is 7.89. The molecule has 0 fully saturated rings. The van der Waals surface area contributed by atoms with E-state index in [1.807, 2.05) is 60.7 Å². The number of fused-ring (bicyclic) bond motifs is 1. The zero-order valence-corrected chi connectivity index (χ0v) is 21.0. The van der Waals surface area contributed by atoms with Gasteiger partial charge in [0.15, 0.2) is 0 Å². The standard InChI is InChI=1S/C26H30N6O3S/c1-36(33,34)15-14-27-12-5-13-28-25-16-23-24(17-29-25)30-19-31-26(23)32-21-8-10-22(11-9-21)35-18-20-6-3-2-4-7-20/h2-4,6-11,16-17,19,27H,5,12-15,18H2,1H3,(H,28,29)(H,30,31,32). The molecule has 0 saturated carbocycles. The molecule has 2 aromatic heterocycles. The van der Waals surface area contributed by atoms with E-state index in [0.29, 0.717) is 25.5 Å². The van der Waals surface area contributed by atoms with Gasteiger partial charge in [-0.15, -0.1) is 0 Å². The molecule has 0 spiro atoms. The summed E-state index contributed by atoms with van der Waals surface area (Å²) in [6, 6.07) is 19.7. The Morgan fingerprint density at radius 1 is 0.917 bits per heavy atom. The van der Waals surface area contributed by atoms with E-state index in [4.69, 9.17) is 4.74 Å². The Labute approximate surface area is 211 Å². The number of ether oxygens (including phenoxy) is 1. The molecule has 0 amide bonds. The van der Waals surface area contributed by atoms with E-state index < -0.39 is 9.84 Å². The van der Waals surface area contributed by atoms with Crippen molar-refractivity contribution in [1.29, 1.82) is 0 Å². The zero-order valence-electron chi connectivity index (χ0n) is 20.1. The summed E-state index contributed by atoms with van der Waals surface area (Å²) in [5.41, 5.74) is 2.74. The van der Waals surface area contributed by atoms with Crippen LogP contribution in [-0.4, -0.2) is 55.0 Å². The zero-order chi connectivity index (χ0) is 25.2. The van der Waals surface area contributed by atoms with Gasteiger partial charge < -0.3 is 20.7 Å². The van der Waals surface area contributed by atoms with Crippen LogP contribution in [0.1, 0.15) is 12.0 Å². The summed E-state index contributed by atoms with van der Waals surface area (Å²) in [5, 5.41) is 10.6. The maximum atomic E-state index is 11.2.